The van der Waals surface area contributed by atoms with Crippen LogP contribution < -0.4 is 10.6 Å². The van der Waals surface area contributed by atoms with Crippen LogP contribution in [0.15, 0.2) is 4.99 Å². The van der Waals surface area contributed by atoms with Gasteiger partial charge < -0.3 is 15.4 Å². The van der Waals surface area contributed by atoms with Crippen LogP contribution in [-0.2, 0) is 4.74 Å². The van der Waals surface area contributed by atoms with Gasteiger partial charge in [0.15, 0.2) is 5.96 Å². The molecule has 0 amide bonds. The molecule has 2 unspecified atom stereocenters. The first-order valence-electron chi connectivity index (χ1n) is 10.6. The van der Waals surface area contributed by atoms with Crippen molar-refractivity contribution in [2.45, 2.75) is 78.4 Å². The Bertz CT molecular complexity index is 456. The maximum Gasteiger partial charge on any atom is 0.191 e. The molecule has 2 heterocycles. The van der Waals surface area contributed by atoms with Crippen molar-refractivity contribution in [2.75, 3.05) is 39.8 Å². The van der Waals surface area contributed by atoms with E-state index >= 15 is 0 Å². The first kappa shape index (κ1) is 25.0. The summed E-state index contributed by atoms with van der Waals surface area (Å²) in [6, 6.07) is 0. The van der Waals surface area contributed by atoms with Crippen molar-refractivity contribution in [3.05, 3.63) is 0 Å². The molecule has 2 N–H and O–H groups in total. The molecule has 0 radical (unpaired) electrons. The number of hydrogen-bond donors (Lipinski definition) is 2. The summed E-state index contributed by atoms with van der Waals surface area (Å²) in [5.41, 5.74) is 0.333. The Labute approximate surface area is 184 Å². The van der Waals surface area contributed by atoms with E-state index in [1.807, 2.05) is 7.05 Å². The molecule has 6 heteroatoms. The quantitative estimate of drug-likeness (QED) is 0.346. The lowest BCUT2D eigenvalue weighted by molar-refractivity contribution is -0.0835. The van der Waals surface area contributed by atoms with Gasteiger partial charge in [0.25, 0.3) is 0 Å². The van der Waals surface area contributed by atoms with E-state index in [0.717, 1.165) is 32.1 Å². The van der Waals surface area contributed by atoms with Gasteiger partial charge in [0.2, 0.25) is 0 Å². The summed E-state index contributed by atoms with van der Waals surface area (Å²) in [5, 5.41) is 7.11. The van der Waals surface area contributed by atoms with Crippen molar-refractivity contribution in [2.24, 2.45) is 16.3 Å². The fraction of sp³-hybridized carbons (Fsp3) is 0.952. The summed E-state index contributed by atoms with van der Waals surface area (Å²) in [6.45, 7) is 16.7. The van der Waals surface area contributed by atoms with Gasteiger partial charge in [-0.05, 0) is 58.0 Å². The van der Waals surface area contributed by atoms with Crippen molar-refractivity contribution >= 4 is 29.9 Å². The van der Waals surface area contributed by atoms with E-state index in [0.29, 0.717) is 12.0 Å². The lowest BCUT2D eigenvalue weighted by atomic mass is 9.78. The number of rotatable bonds is 5. The monoisotopic (exact) mass is 494 g/mol. The highest BCUT2D eigenvalue weighted by molar-refractivity contribution is 14.0. The normalized spacial score (nSPS) is 25.6. The smallest absolute Gasteiger partial charge is 0.191 e. The second-order valence-electron chi connectivity index (χ2n) is 9.73. The van der Waals surface area contributed by atoms with Gasteiger partial charge in [-0.3, -0.25) is 9.89 Å². The van der Waals surface area contributed by atoms with E-state index in [-0.39, 0.29) is 34.9 Å². The van der Waals surface area contributed by atoms with Crippen LogP contribution in [0.1, 0.15) is 66.7 Å². The second kappa shape index (κ2) is 11.2. The van der Waals surface area contributed by atoms with E-state index in [1.165, 1.54) is 38.8 Å². The standard InChI is InChI=1S/C21H42N4O.HI/c1-20(2,3)18-17(11-10-14-26-18)15-23-19(22-6)24-16-21(4,5)25-12-8-7-9-13-25;/h17-18H,7-16H2,1-6H3,(H2,22,23,24);1H. The Kier molecular flexibility index (Phi) is 10.3. The third-order valence-electron chi connectivity index (χ3n) is 5.95. The first-order chi connectivity index (χ1) is 12.2. The lowest BCUT2D eigenvalue weighted by Crippen LogP contribution is -2.55. The molecule has 0 aromatic heterocycles. The van der Waals surface area contributed by atoms with Crippen LogP contribution >= 0.6 is 24.0 Å². The van der Waals surface area contributed by atoms with E-state index in [1.54, 1.807) is 0 Å². The number of aliphatic imine (C=N–C) groups is 1. The largest absolute Gasteiger partial charge is 0.377 e. The van der Waals surface area contributed by atoms with Gasteiger partial charge in [0.05, 0.1) is 6.10 Å². The molecule has 0 aromatic rings. The molecule has 0 bridgehead atoms. The molecular formula is C21H43IN4O. The molecule has 0 aromatic carbocycles. The minimum absolute atomic E-state index is 0. The number of ether oxygens (including phenoxy) is 1. The Morgan fingerprint density at radius 2 is 1.70 bits per heavy atom. The predicted octanol–water partition coefficient (Wildman–Crippen LogP) is 3.88. The molecule has 2 fully saturated rings. The highest BCUT2D eigenvalue weighted by atomic mass is 127. The predicted molar refractivity (Wildman–Crippen MR) is 126 cm³/mol. The third kappa shape index (κ3) is 7.69. The van der Waals surface area contributed by atoms with Crippen LogP contribution in [0.3, 0.4) is 0 Å². The van der Waals surface area contributed by atoms with Crippen LogP contribution in [0.5, 0.6) is 0 Å². The topological polar surface area (TPSA) is 48.9 Å². The van der Waals surface area contributed by atoms with Gasteiger partial charge in [-0.1, -0.05) is 27.2 Å². The highest BCUT2D eigenvalue weighted by Crippen LogP contribution is 2.33. The van der Waals surface area contributed by atoms with E-state index in [4.69, 9.17) is 4.74 Å². The third-order valence-corrected chi connectivity index (χ3v) is 5.95. The van der Waals surface area contributed by atoms with Gasteiger partial charge in [-0.2, -0.15) is 0 Å². The fourth-order valence-electron chi connectivity index (χ4n) is 4.37. The highest BCUT2D eigenvalue weighted by Gasteiger charge is 2.35. The summed E-state index contributed by atoms with van der Waals surface area (Å²) >= 11 is 0. The van der Waals surface area contributed by atoms with Crippen molar-refractivity contribution in [3.8, 4) is 0 Å². The number of guanidine groups is 1. The van der Waals surface area contributed by atoms with E-state index < -0.39 is 0 Å². The van der Waals surface area contributed by atoms with Crippen molar-refractivity contribution in [1.29, 1.82) is 0 Å². The number of hydrogen-bond acceptors (Lipinski definition) is 3. The molecule has 0 aliphatic carbocycles. The zero-order valence-corrected chi connectivity index (χ0v) is 20.8. The summed E-state index contributed by atoms with van der Waals surface area (Å²) in [7, 11) is 1.86. The lowest BCUT2D eigenvalue weighted by Gasteiger charge is -2.42. The van der Waals surface area contributed by atoms with Gasteiger partial charge >= 0.3 is 0 Å². The number of nitrogens with one attached hydrogen (secondary N) is 2. The van der Waals surface area contributed by atoms with Crippen molar-refractivity contribution in [3.63, 3.8) is 0 Å². The first-order valence-corrected chi connectivity index (χ1v) is 10.6. The Balaban J connectivity index is 0.00000364. The Morgan fingerprint density at radius 3 is 2.30 bits per heavy atom. The van der Waals surface area contributed by atoms with Gasteiger partial charge in [-0.25, -0.2) is 0 Å². The molecule has 160 valence electrons. The molecule has 2 aliphatic rings. The number of nitrogens with zero attached hydrogens (tertiary/aromatic N) is 2. The van der Waals surface area contributed by atoms with Crippen molar-refractivity contribution < 1.29 is 4.74 Å². The van der Waals surface area contributed by atoms with Crippen LogP contribution in [0.4, 0.5) is 0 Å². The van der Waals surface area contributed by atoms with E-state index in [9.17, 15) is 0 Å². The second-order valence-corrected chi connectivity index (χ2v) is 9.73. The average Bonchev–Trinajstić information content (AvgIpc) is 2.62. The fourth-order valence-corrected chi connectivity index (χ4v) is 4.37. The van der Waals surface area contributed by atoms with Crippen LogP contribution in [0, 0.1) is 11.3 Å². The molecule has 2 rings (SSSR count). The number of likely N-dealkylation sites (tertiary alicyclic amines) is 1. The zero-order chi connectivity index (χ0) is 19.2. The molecule has 2 saturated heterocycles. The number of halogens is 1. The van der Waals surface area contributed by atoms with Crippen molar-refractivity contribution in [1.82, 2.24) is 15.5 Å². The van der Waals surface area contributed by atoms with Crippen LogP contribution in [-0.4, -0.2) is 62.3 Å². The average molecular weight is 495 g/mol. The van der Waals surface area contributed by atoms with Gasteiger partial charge in [0, 0.05) is 38.2 Å². The minimum atomic E-state index is 0. The maximum absolute atomic E-state index is 6.11. The Hall–Kier alpha value is -0.0800. The van der Waals surface area contributed by atoms with Crippen LogP contribution in [0.25, 0.3) is 0 Å². The number of piperidine rings is 1. The van der Waals surface area contributed by atoms with E-state index in [2.05, 4.69) is 55.1 Å². The summed E-state index contributed by atoms with van der Waals surface area (Å²) in [6.07, 6.45) is 6.73. The van der Waals surface area contributed by atoms with Gasteiger partial charge in [-0.15, -0.1) is 24.0 Å². The zero-order valence-electron chi connectivity index (χ0n) is 18.4. The maximum atomic E-state index is 6.11. The summed E-state index contributed by atoms with van der Waals surface area (Å²) < 4.78 is 6.11. The SMILES string of the molecule is CN=C(NCC1CCCOC1C(C)(C)C)NCC(C)(C)N1CCCCC1.I. The Morgan fingerprint density at radius 1 is 1.04 bits per heavy atom. The minimum Gasteiger partial charge on any atom is -0.377 e. The molecule has 2 atom stereocenters. The molecule has 0 spiro atoms. The molecule has 0 saturated carbocycles. The molecular weight excluding hydrogens is 451 g/mol. The summed E-state index contributed by atoms with van der Waals surface area (Å²) in [4.78, 5) is 7.06. The van der Waals surface area contributed by atoms with Crippen LogP contribution in [0.2, 0.25) is 0 Å². The molecule has 27 heavy (non-hydrogen) atoms. The van der Waals surface area contributed by atoms with Gasteiger partial charge in [0.1, 0.15) is 0 Å². The summed E-state index contributed by atoms with van der Waals surface area (Å²) in [5.74, 6) is 1.45. The molecule has 2 aliphatic heterocycles. The molecule has 5 nitrogen and oxygen atoms in total.